The molecule has 1 amide bonds. The number of halogens is 5. The van der Waals surface area contributed by atoms with Crippen molar-refractivity contribution in [2.75, 3.05) is 6.61 Å². The highest BCUT2D eigenvalue weighted by molar-refractivity contribution is 6.32. The molecule has 0 radical (unpaired) electrons. The van der Waals surface area contributed by atoms with Crippen molar-refractivity contribution in [1.29, 1.82) is 0 Å². The van der Waals surface area contributed by atoms with Gasteiger partial charge in [0.15, 0.2) is 17.4 Å². The van der Waals surface area contributed by atoms with Gasteiger partial charge in [0.1, 0.15) is 0 Å². The smallest absolute Gasteiger partial charge is 0.226 e. The summed E-state index contributed by atoms with van der Waals surface area (Å²) in [6.07, 6.45) is 2.05. The number of aryl methyl sites for hydroxylation is 2. The van der Waals surface area contributed by atoms with E-state index in [4.69, 9.17) is 16.3 Å². The van der Waals surface area contributed by atoms with Crippen LogP contribution in [0.4, 0.5) is 17.6 Å². The molecule has 1 aliphatic rings. The minimum atomic E-state index is -1.61. The second-order valence-electron chi connectivity index (χ2n) is 6.96. The van der Waals surface area contributed by atoms with Gasteiger partial charge in [-0.3, -0.25) is 9.48 Å². The van der Waals surface area contributed by atoms with E-state index in [0.717, 1.165) is 12.8 Å². The lowest BCUT2D eigenvalue weighted by atomic mass is 10.1. The molecular weight excluding hydrogens is 414 g/mol. The van der Waals surface area contributed by atoms with E-state index in [1.54, 1.807) is 7.05 Å². The topological polar surface area (TPSA) is 56.2 Å². The van der Waals surface area contributed by atoms with Crippen molar-refractivity contribution in [3.05, 3.63) is 45.2 Å². The molecule has 2 aromatic rings. The van der Waals surface area contributed by atoms with Crippen molar-refractivity contribution in [3.63, 3.8) is 0 Å². The van der Waals surface area contributed by atoms with Crippen LogP contribution in [0.25, 0.3) is 0 Å². The van der Waals surface area contributed by atoms with Crippen molar-refractivity contribution in [3.8, 4) is 5.75 Å². The standard InChI is InChI=1S/C19H20ClF4N3O2/c1-3-11-14(20)12(27(2)26-11)6-13(28)25-7-10-15(21)17(23)19(18(24)16(10)22)29-8-9-4-5-9/h9H,3-8H2,1-2H3,(H,25,28). The third-order valence-corrected chi connectivity index (χ3v) is 5.20. The molecule has 1 aliphatic carbocycles. The summed E-state index contributed by atoms with van der Waals surface area (Å²) < 4.78 is 63.1. The van der Waals surface area contributed by atoms with Gasteiger partial charge < -0.3 is 10.1 Å². The number of hydrogen-bond acceptors (Lipinski definition) is 3. The van der Waals surface area contributed by atoms with E-state index in [0.29, 0.717) is 22.8 Å². The minimum Gasteiger partial charge on any atom is -0.487 e. The van der Waals surface area contributed by atoms with Gasteiger partial charge >= 0.3 is 0 Å². The average molecular weight is 434 g/mol. The van der Waals surface area contributed by atoms with Crippen LogP contribution in [-0.4, -0.2) is 22.3 Å². The van der Waals surface area contributed by atoms with Crippen LogP contribution < -0.4 is 10.1 Å². The summed E-state index contributed by atoms with van der Waals surface area (Å²) in [7, 11) is 1.61. The second-order valence-corrected chi connectivity index (χ2v) is 7.33. The van der Waals surface area contributed by atoms with Crippen LogP contribution in [0.1, 0.15) is 36.7 Å². The van der Waals surface area contributed by atoms with Gasteiger partial charge in [0.25, 0.3) is 0 Å². The molecule has 1 heterocycles. The molecule has 0 aliphatic heterocycles. The number of nitrogens with zero attached hydrogens (tertiary/aromatic N) is 2. The van der Waals surface area contributed by atoms with E-state index in [-0.39, 0.29) is 18.9 Å². The first-order chi connectivity index (χ1) is 13.7. The Labute approximate surface area is 170 Å². The average Bonchev–Trinajstić information content (AvgIpc) is 3.48. The van der Waals surface area contributed by atoms with Gasteiger partial charge in [-0.25, -0.2) is 8.78 Å². The maximum absolute atomic E-state index is 14.2. The van der Waals surface area contributed by atoms with Crippen molar-refractivity contribution in [2.45, 2.75) is 39.2 Å². The summed E-state index contributed by atoms with van der Waals surface area (Å²) in [6.45, 7) is 1.11. The largest absolute Gasteiger partial charge is 0.487 e. The number of amides is 1. The zero-order chi connectivity index (χ0) is 21.3. The maximum atomic E-state index is 14.2. The molecule has 29 heavy (non-hydrogen) atoms. The van der Waals surface area contributed by atoms with E-state index in [1.807, 2.05) is 6.92 Å². The number of hydrogen-bond donors (Lipinski definition) is 1. The Kier molecular flexibility index (Phi) is 6.36. The highest BCUT2D eigenvalue weighted by Crippen LogP contribution is 2.34. The van der Waals surface area contributed by atoms with Gasteiger partial charge in [0, 0.05) is 19.2 Å². The molecule has 1 aromatic heterocycles. The predicted molar refractivity (Wildman–Crippen MR) is 97.6 cm³/mol. The first-order valence-electron chi connectivity index (χ1n) is 9.19. The molecule has 0 atom stereocenters. The number of rotatable bonds is 8. The Morgan fingerprint density at radius 1 is 1.21 bits per heavy atom. The monoisotopic (exact) mass is 433 g/mol. The van der Waals surface area contributed by atoms with E-state index in [2.05, 4.69) is 10.4 Å². The fourth-order valence-electron chi connectivity index (χ4n) is 2.84. The quantitative estimate of drug-likeness (QED) is 0.508. The van der Waals surface area contributed by atoms with E-state index in [1.165, 1.54) is 4.68 Å². The zero-order valence-electron chi connectivity index (χ0n) is 15.9. The zero-order valence-corrected chi connectivity index (χ0v) is 16.7. The molecule has 5 nitrogen and oxygen atoms in total. The Morgan fingerprint density at radius 2 is 1.83 bits per heavy atom. The minimum absolute atomic E-state index is 0.00594. The van der Waals surface area contributed by atoms with Gasteiger partial charge in [-0.05, 0) is 25.2 Å². The third kappa shape index (κ3) is 4.49. The molecule has 0 bridgehead atoms. The summed E-state index contributed by atoms with van der Waals surface area (Å²) in [4.78, 5) is 12.2. The molecule has 0 unspecified atom stereocenters. The van der Waals surface area contributed by atoms with Gasteiger partial charge in [-0.15, -0.1) is 0 Å². The number of aromatic nitrogens is 2. The van der Waals surface area contributed by atoms with Crippen LogP contribution in [-0.2, 0) is 31.2 Å². The van der Waals surface area contributed by atoms with Crippen molar-refractivity contribution in [2.24, 2.45) is 13.0 Å². The summed E-state index contributed by atoms with van der Waals surface area (Å²) >= 11 is 6.16. The molecule has 1 fully saturated rings. The third-order valence-electron chi connectivity index (χ3n) is 4.77. The van der Waals surface area contributed by atoms with Crippen LogP contribution >= 0.6 is 11.6 Å². The number of ether oxygens (including phenoxy) is 1. The van der Waals surface area contributed by atoms with Crippen LogP contribution in [0, 0.1) is 29.2 Å². The van der Waals surface area contributed by atoms with Crippen LogP contribution in [0.2, 0.25) is 5.02 Å². The van der Waals surface area contributed by atoms with Crippen LogP contribution in [0.15, 0.2) is 0 Å². The Balaban J connectivity index is 1.71. The van der Waals surface area contributed by atoms with E-state index >= 15 is 0 Å². The summed E-state index contributed by atoms with van der Waals surface area (Å²) in [5, 5.41) is 6.75. The van der Waals surface area contributed by atoms with E-state index < -0.39 is 47.0 Å². The molecule has 3 rings (SSSR count). The Hall–Kier alpha value is -2.29. The lowest BCUT2D eigenvalue weighted by molar-refractivity contribution is -0.120. The fourth-order valence-corrected chi connectivity index (χ4v) is 3.20. The lowest BCUT2D eigenvalue weighted by Gasteiger charge is -2.13. The Bertz CT molecular complexity index is 915. The van der Waals surface area contributed by atoms with E-state index in [9.17, 15) is 22.4 Å². The number of carbonyl (C=O) groups excluding carboxylic acids is 1. The van der Waals surface area contributed by atoms with Gasteiger partial charge in [-0.2, -0.15) is 13.9 Å². The molecule has 1 N–H and O–H groups in total. The highest BCUT2D eigenvalue weighted by atomic mass is 35.5. The molecule has 1 saturated carbocycles. The van der Waals surface area contributed by atoms with Gasteiger partial charge in [0.2, 0.25) is 17.5 Å². The first-order valence-corrected chi connectivity index (χ1v) is 9.56. The van der Waals surface area contributed by atoms with Crippen molar-refractivity contribution < 1.29 is 27.1 Å². The molecule has 1 aromatic carbocycles. The molecule has 158 valence electrons. The van der Waals surface area contributed by atoms with Crippen LogP contribution in [0.3, 0.4) is 0 Å². The van der Waals surface area contributed by atoms with Crippen molar-refractivity contribution in [1.82, 2.24) is 15.1 Å². The molecule has 0 saturated heterocycles. The maximum Gasteiger partial charge on any atom is 0.226 e. The predicted octanol–water partition coefficient (Wildman–Crippen LogP) is 3.84. The molecule has 0 spiro atoms. The summed E-state index contributed by atoms with van der Waals surface area (Å²) in [6, 6.07) is 0. The SMILES string of the molecule is CCc1nn(C)c(CC(=O)NCc2c(F)c(F)c(OCC3CC3)c(F)c2F)c1Cl. The number of carbonyl (C=O) groups is 1. The molecular formula is C19H20ClF4N3O2. The van der Waals surface area contributed by atoms with Crippen molar-refractivity contribution >= 4 is 17.5 Å². The molecule has 10 heteroatoms. The highest BCUT2D eigenvalue weighted by Gasteiger charge is 2.29. The number of benzene rings is 1. The number of nitrogens with one attached hydrogen (secondary N) is 1. The van der Waals surface area contributed by atoms with Gasteiger partial charge in [-0.1, -0.05) is 18.5 Å². The summed E-state index contributed by atoms with van der Waals surface area (Å²) in [5.41, 5.74) is 0.112. The lowest BCUT2D eigenvalue weighted by Crippen LogP contribution is -2.27. The first kappa shape index (κ1) is 21.4. The summed E-state index contributed by atoms with van der Waals surface area (Å²) in [5.74, 6) is -7.98. The van der Waals surface area contributed by atoms with Crippen LogP contribution in [0.5, 0.6) is 5.75 Å². The normalized spacial score (nSPS) is 13.6. The fraction of sp³-hybridized carbons (Fsp3) is 0.474. The second kappa shape index (κ2) is 8.61. The Morgan fingerprint density at radius 3 is 2.34 bits per heavy atom. The van der Waals surface area contributed by atoms with Gasteiger partial charge in [0.05, 0.1) is 29.4 Å².